The van der Waals surface area contributed by atoms with Crippen LogP contribution in [-0.4, -0.2) is 35.9 Å². The minimum Gasteiger partial charge on any atom is -0.478 e. The highest BCUT2D eigenvalue weighted by molar-refractivity contribution is 7.99. The van der Waals surface area contributed by atoms with E-state index in [-0.39, 0.29) is 19.3 Å². The van der Waals surface area contributed by atoms with E-state index in [4.69, 9.17) is 14.7 Å². The number of hydrogen-bond donors (Lipinski definition) is 1. The van der Waals surface area contributed by atoms with Gasteiger partial charge in [0, 0.05) is 11.1 Å². The third-order valence-corrected chi connectivity index (χ3v) is 6.86. The van der Waals surface area contributed by atoms with Crippen molar-refractivity contribution in [3.63, 3.8) is 0 Å². The summed E-state index contributed by atoms with van der Waals surface area (Å²) in [4.78, 5) is 0. The fourth-order valence-corrected chi connectivity index (χ4v) is 5.00. The lowest BCUT2D eigenvalue weighted by atomic mass is 10.0. The fourth-order valence-electron chi connectivity index (χ4n) is 4.10. The van der Waals surface area contributed by atoms with Gasteiger partial charge in [0.25, 0.3) is 0 Å². The first-order chi connectivity index (χ1) is 17.3. The average Bonchev–Trinajstić information content (AvgIpc) is 2.91. The van der Waals surface area contributed by atoms with E-state index < -0.39 is 6.10 Å². The quantitative estimate of drug-likeness (QED) is 0.244. The Morgan fingerprint density at radius 2 is 1.46 bits per heavy atom. The molecule has 0 fully saturated rings. The molecule has 0 aliphatic heterocycles. The predicted molar refractivity (Wildman–Crippen MR) is 143 cm³/mol. The van der Waals surface area contributed by atoms with E-state index in [0.29, 0.717) is 5.75 Å². The van der Waals surface area contributed by atoms with Gasteiger partial charge in [0.05, 0.1) is 12.7 Å². The minimum absolute atomic E-state index is 0.0363. The number of nitrogens with zero attached hydrogens (tertiary/aromatic N) is 1. The molecule has 4 aromatic rings. The second kappa shape index (κ2) is 13.0. The summed E-state index contributed by atoms with van der Waals surface area (Å²) >= 11 is 1.72. The Morgan fingerprint density at radius 3 is 2.14 bits per heavy atom. The lowest BCUT2D eigenvalue weighted by molar-refractivity contribution is 0.0155. The van der Waals surface area contributed by atoms with Gasteiger partial charge >= 0.3 is 0 Å². The van der Waals surface area contributed by atoms with Gasteiger partial charge in [-0.2, -0.15) is 17.0 Å². The van der Waals surface area contributed by atoms with Gasteiger partial charge in [-0.25, -0.2) is 0 Å². The summed E-state index contributed by atoms with van der Waals surface area (Å²) in [5.74, 6) is 2.23. The molecular weight excluding hydrogens is 454 g/mol. The van der Waals surface area contributed by atoms with Gasteiger partial charge in [-0.1, -0.05) is 91.0 Å². The van der Waals surface area contributed by atoms with Crippen LogP contribution in [0.1, 0.15) is 22.8 Å². The van der Waals surface area contributed by atoms with Gasteiger partial charge in [-0.15, -0.1) is 0 Å². The highest BCUT2D eigenvalue weighted by atomic mass is 32.2. The first kappa shape index (κ1) is 24.8. The van der Waals surface area contributed by atoms with E-state index in [0.717, 1.165) is 39.8 Å². The highest BCUT2D eigenvalue weighted by Crippen LogP contribution is 2.29. The first-order valence-corrected chi connectivity index (χ1v) is 12.9. The molecule has 0 radical (unpaired) electrons. The number of nitriles is 1. The molecular formula is C30H29NO3S. The Balaban J connectivity index is 1.30. The van der Waals surface area contributed by atoms with Crippen LogP contribution in [0.15, 0.2) is 97.1 Å². The van der Waals surface area contributed by atoms with Crippen molar-refractivity contribution in [2.45, 2.75) is 18.6 Å². The topological polar surface area (TPSA) is 62.5 Å². The van der Waals surface area contributed by atoms with E-state index in [2.05, 4.69) is 36.4 Å². The summed E-state index contributed by atoms with van der Waals surface area (Å²) in [7, 11) is 0. The summed E-state index contributed by atoms with van der Waals surface area (Å²) in [5.41, 5.74) is 3.39. The standard InChI is InChI=1S/C30H29NO3S/c31-18-19-33-29-16-8-14-27-23(13-7-15-28(27)29)17-20-35-22-26(32)21-34-30(24-9-3-1-4-10-24)25-11-5-2-6-12-25/h1-16,26,30,32H,17,19-22H2. The zero-order valence-corrected chi connectivity index (χ0v) is 20.4. The molecule has 35 heavy (non-hydrogen) atoms. The van der Waals surface area contributed by atoms with Crippen LogP contribution >= 0.6 is 11.8 Å². The average molecular weight is 484 g/mol. The van der Waals surface area contributed by atoms with E-state index in [1.54, 1.807) is 11.8 Å². The van der Waals surface area contributed by atoms with E-state index in [1.165, 1.54) is 5.56 Å². The number of aliphatic hydroxyl groups is 1. The number of aliphatic hydroxyl groups excluding tert-OH is 1. The van der Waals surface area contributed by atoms with Crippen LogP contribution in [0, 0.1) is 11.3 Å². The lowest BCUT2D eigenvalue weighted by Gasteiger charge is -2.21. The van der Waals surface area contributed by atoms with Crippen LogP contribution in [0.25, 0.3) is 10.8 Å². The molecule has 4 aromatic carbocycles. The van der Waals surface area contributed by atoms with E-state index in [9.17, 15) is 5.11 Å². The molecule has 0 saturated carbocycles. The normalized spacial score (nSPS) is 11.9. The molecule has 1 N–H and O–H groups in total. The SMILES string of the molecule is N#CCOc1cccc2c(CCSCC(O)COC(c3ccccc3)c3ccccc3)cccc12. The number of fused-ring (bicyclic) bond motifs is 1. The van der Waals surface area contributed by atoms with Crippen LogP contribution in [0.5, 0.6) is 5.75 Å². The molecule has 178 valence electrons. The minimum atomic E-state index is -0.548. The van der Waals surface area contributed by atoms with Crippen molar-refractivity contribution in [2.24, 2.45) is 0 Å². The smallest absolute Gasteiger partial charge is 0.174 e. The Morgan fingerprint density at radius 1 is 0.800 bits per heavy atom. The lowest BCUT2D eigenvalue weighted by Crippen LogP contribution is -2.21. The Labute approximate surface area is 211 Å². The number of rotatable bonds is 12. The third kappa shape index (κ3) is 6.86. The summed E-state index contributed by atoms with van der Waals surface area (Å²) < 4.78 is 11.8. The molecule has 0 aliphatic rings. The highest BCUT2D eigenvalue weighted by Gasteiger charge is 2.16. The molecule has 0 bridgehead atoms. The Kier molecular flexibility index (Phi) is 9.19. The van der Waals surface area contributed by atoms with Crippen molar-refractivity contribution in [1.82, 2.24) is 0 Å². The molecule has 4 nitrogen and oxygen atoms in total. The van der Waals surface area contributed by atoms with Crippen LogP contribution in [0.4, 0.5) is 0 Å². The number of aryl methyl sites for hydroxylation is 1. The molecule has 1 atom stereocenters. The molecule has 4 rings (SSSR count). The molecule has 1 unspecified atom stereocenters. The van der Waals surface area contributed by atoms with E-state index in [1.807, 2.05) is 66.7 Å². The van der Waals surface area contributed by atoms with Gasteiger partial charge in [0.15, 0.2) is 6.61 Å². The second-order valence-corrected chi connectivity index (χ2v) is 9.38. The maximum atomic E-state index is 10.6. The van der Waals surface area contributed by atoms with Gasteiger partial charge in [0.2, 0.25) is 0 Å². The van der Waals surface area contributed by atoms with Gasteiger partial charge in [-0.05, 0) is 40.3 Å². The molecule has 0 spiro atoms. The van der Waals surface area contributed by atoms with Crippen molar-refractivity contribution in [1.29, 1.82) is 5.26 Å². The van der Waals surface area contributed by atoms with Crippen LogP contribution in [0.3, 0.4) is 0 Å². The third-order valence-electron chi connectivity index (χ3n) is 5.75. The van der Waals surface area contributed by atoms with Crippen LogP contribution in [-0.2, 0) is 11.2 Å². The number of thioether (sulfide) groups is 1. The Bertz CT molecular complexity index is 1200. The molecule has 0 aromatic heterocycles. The zero-order valence-electron chi connectivity index (χ0n) is 19.5. The fraction of sp³-hybridized carbons (Fsp3) is 0.233. The van der Waals surface area contributed by atoms with E-state index >= 15 is 0 Å². The van der Waals surface area contributed by atoms with Gasteiger partial charge in [-0.3, -0.25) is 0 Å². The first-order valence-electron chi connectivity index (χ1n) is 11.7. The van der Waals surface area contributed by atoms with Crippen molar-refractivity contribution >= 4 is 22.5 Å². The molecule has 0 amide bonds. The van der Waals surface area contributed by atoms with Crippen molar-refractivity contribution < 1.29 is 14.6 Å². The second-order valence-electron chi connectivity index (χ2n) is 8.23. The molecule has 5 heteroatoms. The van der Waals surface area contributed by atoms with Crippen LogP contribution < -0.4 is 4.74 Å². The predicted octanol–water partition coefficient (Wildman–Crippen LogP) is 6.18. The van der Waals surface area contributed by atoms with Crippen LogP contribution in [0.2, 0.25) is 0 Å². The number of benzene rings is 4. The van der Waals surface area contributed by atoms with Gasteiger partial charge in [0.1, 0.15) is 17.9 Å². The molecule has 0 heterocycles. The monoisotopic (exact) mass is 483 g/mol. The largest absolute Gasteiger partial charge is 0.478 e. The summed E-state index contributed by atoms with van der Waals surface area (Å²) in [6.07, 6.45) is 0.132. The zero-order chi connectivity index (χ0) is 24.3. The summed E-state index contributed by atoms with van der Waals surface area (Å²) in [6.45, 7) is 0.309. The maximum absolute atomic E-state index is 10.6. The number of ether oxygens (including phenoxy) is 2. The molecule has 0 aliphatic carbocycles. The van der Waals surface area contributed by atoms with Crippen molar-refractivity contribution in [3.05, 3.63) is 114 Å². The van der Waals surface area contributed by atoms with Gasteiger partial charge < -0.3 is 14.6 Å². The number of hydrogen-bond acceptors (Lipinski definition) is 5. The van der Waals surface area contributed by atoms with Crippen molar-refractivity contribution in [3.8, 4) is 11.8 Å². The van der Waals surface area contributed by atoms with Crippen molar-refractivity contribution in [2.75, 3.05) is 24.7 Å². The summed E-state index contributed by atoms with van der Waals surface area (Å²) in [6, 6.07) is 34.4. The maximum Gasteiger partial charge on any atom is 0.174 e. The molecule has 0 saturated heterocycles. The Hall–Kier alpha value is -3.30. The summed E-state index contributed by atoms with van der Waals surface area (Å²) in [5, 5.41) is 21.6.